The normalized spacial score (nSPS) is 10.6. The van der Waals surface area contributed by atoms with Gasteiger partial charge in [-0.1, -0.05) is 12.1 Å². The van der Waals surface area contributed by atoms with Crippen LogP contribution in [0.25, 0.3) is 6.08 Å². The molecule has 32 heavy (non-hydrogen) atoms. The van der Waals surface area contributed by atoms with Crippen LogP contribution in [-0.4, -0.2) is 37.3 Å². The summed E-state index contributed by atoms with van der Waals surface area (Å²) < 4.78 is 16.1. The summed E-state index contributed by atoms with van der Waals surface area (Å²) in [6.07, 6.45) is 3.41. The lowest BCUT2D eigenvalue weighted by Crippen LogP contribution is -2.13. The minimum absolute atomic E-state index is 0.127. The number of carboxylic acids is 1. The van der Waals surface area contributed by atoms with Gasteiger partial charge in [-0.25, -0.2) is 4.79 Å². The standard InChI is InChI=1S/C24H24N2O6/c1-4-7-17-10-16(12-21(30-3)23(17)32-15-22(27)28)11-18(14-25)24(29)26-19-8-6-9-20(13-19)31-5-2/h4,6,8-13H,1,5,7,15H2,2-3H3,(H,26,29)(H,27,28)/b18-11-. The predicted octanol–water partition coefficient (Wildman–Crippen LogP) is 3.83. The average molecular weight is 436 g/mol. The molecule has 0 saturated heterocycles. The van der Waals surface area contributed by atoms with Crippen LogP contribution in [0.2, 0.25) is 0 Å². The lowest BCUT2D eigenvalue weighted by atomic mass is 10.0. The van der Waals surface area contributed by atoms with Gasteiger partial charge < -0.3 is 24.6 Å². The SMILES string of the molecule is C=CCc1cc(/C=C(/C#N)C(=O)Nc2cccc(OCC)c2)cc(OC)c1OCC(=O)O. The fraction of sp³-hybridized carbons (Fsp3) is 0.208. The third-order valence-electron chi connectivity index (χ3n) is 4.16. The third kappa shape index (κ3) is 6.64. The second kappa shape index (κ2) is 11.8. The molecule has 8 heteroatoms. The van der Waals surface area contributed by atoms with Gasteiger partial charge in [0.05, 0.1) is 13.7 Å². The minimum atomic E-state index is -1.13. The zero-order chi connectivity index (χ0) is 23.5. The molecule has 0 spiro atoms. The van der Waals surface area contributed by atoms with Crippen molar-refractivity contribution < 1.29 is 28.9 Å². The number of aliphatic carboxylic acids is 1. The van der Waals surface area contributed by atoms with E-state index < -0.39 is 18.5 Å². The number of methoxy groups -OCH3 is 1. The Morgan fingerprint density at radius 1 is 1.25 bits per heavy atom. The molecule has 0 radical (unpaired) electrons. The van der Waals surface area contributed by atoms with Crippen molar-refractivity contribution in [2.24, 2.45) is 0 Å². The van der Waals surface area contributed by atoms with E-state index >= 15 is 0 Å². The molecule has 0 atom stereocenters. The Hall–Kier alpha value is -4.25. The van der Waals surface area contributed by atoms with Crippen molar-refractivity contribution in [3.8, 4) is 23.3 Å². The number of benzene rings is 2. The maximum atomic E-state index is 12.6. The van der Waals surface area contributed by atoms with E-state index in [1.54, 1.807) is 42.5 Å². The third-order valence-corrected chi connectivity index (χ3v) is 4.16. The summed E-state index contributed by atoms with van der Waals surface area (Å²) in [5.74, 6) is -0.570. The van der Waals surface area contributed by atoms with Gasteiger partial charge in [0.15, 0.2) is 18.1 Å². The van der Waals surface area contributed by atoms with Crippen LogP contribution in [0.5, 0.6) is 17.2 Å². The van der Waals surface area contributed by atoms with E-state index in [-0.39, 0.29) is 17.1 Å². The van der Waals surface area contributed by atoms with Gasteiger partial charge in [0.2, 0.25) is 0 Å². The van der Waals surface area contributed by atoms with Gasteiger partial charge in [0, 0.05) is 17.3 Å². The number of carbonyl (C=O) groups excluding carboxylic acids is 1. The first-order chi connectivity index (χ1) is 15.4. The molecular formula is C24H24N2O6. The molecule has 0 aliphatic carbocycles. The molecule has 166 valence electrons. The van der Waals surface area contributed by atoms with Crippen molar-refractivity contribution in [2.75, 3.05) is 25.6 Å². The average Bonchev–Trinajstić information content (AvgIpc) is 2.76. The van der Waals surface area contributed by atoms with E-state index in [0.717, 1.165) is 0 Å². The maximum Gasteiger partial charge on any atom is 0.341 e. The number of nitriles is 1. The smallest absolute Gasteiger partial charge is 0.341 e. The summed E-state index contributed by atoms with van der Waals surface area (Å²) >= 11 is 0. The van der Waals surface area contributed by atoms with Crippen LogP contribution in [0.4, 0.5) is 5.69 Å². The highest BCUT2D eigenvalue weighted by Crippen LogP contribution is 2.34. The Morgan fingerprint density at radius 3 is 2.66 bits per heavy atom. The highest BCUT2D eigenvalue weighted by Gasteiger charge is 2.16. The molecular weight excluding hydrogens is 412 g/mol. The minimum Gasteiger partial charge on any atom is -0.494 e. The summed E-state index contributed by atoms with van der Waals surface area (Å²) in [5.41, 5.74) is 1.48. The predicted molar refractivity (Wildman–Crippen MR) is 120 cm³/mol. The molecule has 0 bridgehead atoms. The second-order valence-corrected chi connectivity index (χ2v) is 6.47. The first-order valence-corrected chi connectivity index (χ1v) is 9.74. The van der Waals surface area contributed by atoms with Gasteiger partial charge >= 0.3 is 5.97 Å². The number of allylic oxidation sites excluding steroid dienone is 1. The summed E-state index contributed by atoms with van der Waals surface area (Å²) in [6.45, 7) is 5.50. The Kier molecular flexibility index (Phi) is 8.87. The topological polar surface area (TPSA) is 118 Å². The fourth-order valence-corrected chi connectivity index (χ4v) is 2.87. The van der Waals surface area contributed by atoms with Gasteiger partial charge in [-0.05, 0) is 49.2 Å². The van der Waals surface area contributed by atoms with Crippen molar-refractivity contribution >= 4 is 23.6 Å². The molecule has 2 aromatic rings. The lowest BCUT2D eigenvalue weighted by molar-refractivity contribution is -0.139. The monoisotopic (exact) mass is 436 g/mol. The second-order valence-electron chi connectivity index (χ2n) is 6.47. The molecule has 0 saturated carbocycles. The van der Waals surface area contributed by atoms with Crippen molar-refractivity contribution in [3.05, 3.63) is 65.8 Å². The highest BCUT2D eigenvalue weighted by molar-refractivity contribution is 6.09. The number of carbonyl (C=O) groups is 2. The largest absolute Gasteiger partial charge is 0.494 e. The van der Waals surface area contributed by atoms with E-state index in [4.69, 9.17) is 19.3 Å². The Balaban J connectivity index is 2.36. The van der Waals surface area contributed by atoms with Crippen LogP contribution in [0.1, 0.15) is 18.1 Å². The number of rotatable bonds is 11. The number of nitrogens with zero attached hydrogens (tertiary/aromatic N) is 1. The van der Waals surface area contributed by atoms with Crippen molar-refractivity contribution in [1.29, 1.82) is 5.26 Å². The fourth-order valence-electron chi connectivity index (χ4n) is 2.87. The van der Waals surface area contributed by atoms with Gasteiger partial charge in [0.25, 0.3) is 5.91 Å². The summed E-state index contributed by atoms with van der Waals surface area (Å²) in [4.78, 5) is 23.5. The molecule has 0 unspecified atom stereocenters. The molecule has 2 rings (SSSR count). The zero-order valence-electron chi connectivity index (χ0n) is 17.9. The van der Waals surface area contributed by atoms with Crippen LogP contribution in [0.15, 0.2) is 54.6 Å². The zero-order valence-corrected chi connectivity index (χ0v) is 17.9. The van der Waals surface area contributed by atoms with E-state index in [1.807, 2.05) is 13.0 Å². The molecule has 8 nitrogen and oxygen atoms in total. The number of carboxylic acid groups (broad SMARTS) is 1. The van der Waals surface area contributed by atoms with E-state index in [9.17, 15) is 14.9 Å². The molecule has 0 aromatic heterocycles. The molecule has 0 aliphatic heterocycles. The quantitative estimate of drug-likeness (QED) is 0.312. The molecule has 0 fully saturated rings. The van der Waals surface area contributed by atoms with Crippen LogP contribution in [-0.2, 0) is 16.0 Å². The van der Waals surface area contributed by atoms with Crippen molar-refractivity contribution in [3.63, 3.8) is 0 Å². The van der Waals surface area contributed by atoms with Crippen LogP contribution < -0.4 is 19.5 Å². The first-order valence-electron chi connectivity index (χ1n) is 9.74. The molecule has 1 amide bonds. The number of hydrogen-bond donors (Lipinski definition) is 2. The number of nitrogens with one attached hydrogen (secondary N) is 1. The Bertz CT molecular complexity index is 1070. The molecule has 0 heterocycles. The lowest BCUT2D eigenvalue weighted by Gasteiger charge is -2.15. The van der Waals surface area contributed by atoms with Crippen molar-refractivity contribution in [2.45, 2.75) is 13.3 Å². The maximum absolute atomic E-state index is 12.6. The molecule has 2 N–H and O–H groups in total. The molecule has 0 aliphatic rings. The number of ether oxygens (including phenoxy) is 3. The highest BCUT2D eigenvalue weighted by atomic mass is 16.5. The van der Waals surface area contributed by atoms with Crippen molar-refractivity contribution in [1.82, 2.24) is 0 Å². The summed E-state index contributed by atoms with van der Waals surface area (Å²) in [6, 6.07) is 12.0. The van der Waals surface area contributed by atoms with E-state index in [2.05, 4.69) is 11.9 Å². The van der Waals surface area contributed by atoms with Gasteiger partial charge in [-0.15, -0.1) is 6.58 Å². The van der Waals surface area contributed by atoms with Gasteiger partial charge in [-0.2, -0.15) is 5.26 Å². The Labute approximate surface area is 186 Å². The number of anilines is 1. The van der Waals surface area contributed by atoms with Gasteiger partial charge in [0.1, 0.15) is 17.4 Å². The van der Waals surface area contributed by atoms with Crippen LogP contribution in [0.3, 0.4) is 0 Å². The number of amides is 1. The van der Waals surface area contributed by atoms with Crippen LogP contribution >= 0.6 is 0 Å². The van der Waals surface area contributed by atoms with Gasteiger partial charge in [-0.3, -0.25) is 4.79 Å². The van der Waals surface area contributed by atoms with E-state index in [1.165, 1.54) is 13.2 Å². The van der Waals surface area contributed by atoms with E-state index in [0.29, 0.717) is 35.6 Å². The Morgan fingerprint density at radius 2 is 2.03 bits per heavy atom. The van der Waals surface area contributed by atoms with Crippen LogP contribution in [0, 0.1) is 11.3 Å². The first kappa shape index (κ1) is 24.0. The summed E-state index contributed by atoms with van der Waals surface area (Å²) in [7, 11) is 1.41. The number of hydrogen-bond acceptors (Lipinski definition) is 6. The summed E-state index contributed by atoms with van der Waals surface area (Å²) in [5, 5.41) is 21.1. The molecule has 2 aromatic carbocycles.